The number of rotatable bonds is 2. The first-order chi connectivity index (χ1) is 5.24. The summed E-state index contributed by atoms with van der Waals surface area (Å²) >= 11 is 5.59. The van der Waals surface area contributed by atoms with Crippen LogP contribution in [0.2, 0.25) is 0 Å². The van der Waals surface area contributed by atoms with Crippen molar-refractivity contribution in [2.75, 3.05) is 0 Å². The van der Waals surface area contributed by atoms with Gasteiger partial charge < -0.3 is 4.79 Å². The first-order valence-corrected chi connectivity index (χ1v) is 4.99. The van der Waals surface area contributed by atoms with Crippen LogP contribution in [0.15, 0.2) is 22.7 Å². The number of halogens is 2. The predicted molar refractivity (Wildman–Crippen MR) is 56.6 cm³/mol. The summed E-state index contributed by atoms with van der Waals surface area (Å²) in [6.07, 6.45) is 1.40. The zero-order valence-corrected chi connectivity index (χ0v) is 9.42. The third-order valence-electron chi connectivity index (χ3n) is 1.31. The molecule has 0 radical (unpaired) electrons. The van der Waals surface area contributed by atoms with Crippen molar-refractivity contribution in [1.29, 1.82) is 0 Å². The maximum atomic E-state index is 10.2. The van der Waals surface area contributed by atoms with Gasteiger partial charge in [-0.05, 0) is 46.4 Å². The summed E-state index contributed by atoms with van der Waals surface area (Å²) in [6.45, 7) is 0. The number of hydrogen-bond acceptors (Lipinski definition) is 1. The summed E-state index contributed by atoms with van der Waals surface area (Å²) < 4.78 is 2.16. The van der Waals surface area contributed by atoms with Gasteiger partial charge in [0.1, 0.15) is 6.29 Å². The van der Waals surface area contributed by atoms with Crippen molar-refractivity contribution in [1.82, 2.24) is 0 Å². The van der Waals surface area contributed by atoms with E-state index < -0.39 is 0 Å². The molecule has 1 aromatic carbocycles. The van der Waals surface area contributed by atoms with Crippen LogP contribution in [0, 0.1) is 3.57 Å². The van der Waals surface area contributed by atoms with Gasteiger partial charge >= 0.3 is 0 Å². The summed E-state index contributed by atoms with van der Waals surface area (Å²) in [5.74, 6) is 0. The molecule has 0 saturated heterocycles. The van der Waals surface area contributed by atoms with E-state index in [9.17, 15) is 4.79 Å². The number of carbonyl (C=O) groups is 1. The molecule has 3 heteroatoms. The van der Waals surface area contributed by atoms with E-state index in [-0.39, 0.29) is 0 Å². The summed E-state index contributed by atoms with van der Waals surface area (Å²) in [5, 5.41) is 0. The van der Waals surface area contributed by atoms with Crippen molar-refractivity contribution in [2.24, 2.45) is 0 Å². The minimum absolute atomic E-state index is 0.484. The normalized spacial score (nSPS) is 9.64. The van der Waals surface area contributed by atoms with Gasteiger partial charge in [-0.15, -0.1) is 0 Å². The van der Waals surface area contributed by atoms with Crippen molar-refractivity contribution in [2.45, 2.75) is 6.42 Å². The highest BCUT2D eigenvalue weighted by molar-refractivity contribution is 14.1. The first-order valence-electron chi connectivity index (χ1n) is 3.11. The molecule has 1 rings (SSSR count). The summed E-state index contributed by atoms with van der Waals surface area (Å²) in [6, 6.07) is 5.96. The lowest BCUT2D eigenvalue weighted by molar-refractivity contribution is -0.107. The lowest BCUT2D eigenvalue weighted by atomic mass is 10.2. The van der Waals surface area contributed by atoms with Crippen molar-refractivity contribution in [3.8, 4) is 0 Å². The number of aldehydes is 1. The molecule has 0 atom stereocenters. The molecule has 1 aromatic rings. The highest BCUT2D eigenvalue weighted by atomic mass is 127. The SMILES string of the molecule is O=CCc1cc(I)ccc1Br. The summed E-state index contributed by atoms with van der Waals surface area (Å²) in [7, 11) is 0. The van der Waals surface area contributed by atoms with Gasteiger partial charge in [0, 0.05) is 14.5 Å². The third-order valence-corrected chi connectivity index (χ3v) is 2.76. The number of carbonyl (C=O) groups excluding carboxylic acids is 1. The molecule has 0 heterocycles. The molecule has 0 fully saturated rings. The van der Waals surface area contributed by atoms with E-state index in [1.54, 1.807) is 0 Å². The van der Waals surface area contributed by atoms with Gasteiger partial charge in [0.25, 0.3) is 0 Å². The van der Waals surface area contributed by atoms with Crippen molar-refractivity contribution >= 4 is 44.8 Å². The highest BCUT2D eigenvalue weighted by Gasteiger charge is 1.98. The standard InChI is InChI=1S/C8H6BrIO/c9-8-2-1-7(10)5-6(8)3-4-11/h1-2,4-5H,3H2. The fourth-order valence-electron chi connectivity index (χ4n) is 0.790. The molecule has 11 heavy (non-hydrogen) atoms. The Kier molecular flexibility index (Phi) is 3.51. The molecule has 0 aromatic heterocycles. The van der Waals surface area contributed by atoms with E-state index in [4.69, 9.17) is 0 Å². The molecule has 0 aliphatic rings. The van der Waals surface area contributed by atoms with Gasteiger partial charge in [-0.3, -0.25) is 0 Å². The van der Waals surface area contributed by atoms with Crippen LogP contribution in [-0.4, -0.2) is 6.29 Å². The second-order valence-corrected chi connectivity index (χ2v) is 4.21. The second-order valence-electron chi connectivity index (χ2n) is 2.11. The van der Waals surface area contributed by atoms with Gasteiger partial charge in [-0.25, -0.2) is 0 Å². The van der Waals surface area contributed by atoms with Gasteiger partial charge in [-0.1, -0.05) is 15.9 Å². The Morgan fingerprint density at radius 1 is 1.55 bits per heavy atom. The fourth-order valence-corrected chi connectivity index (χ4v) is 1.75. The molecule has 0 spiro atoms. The van der Waals surface area contributed by atoms with Gasteiger partial charge in [-0.2, -0.15) is 0 Å². The van der Waals surface area contributed by atoms with Crippen LogP contribution in [0.5, 0.6) is 0 Å². The van der Waals surface area contributed by atoms with E-state index in [1.807, 2.05) is 18.2 Å². The summed E-state index contributed by atoms with van der Waals surface area (Å²) in [5.41, 5.74) is 1.05. The fraction of sp³-hybridized carbons (Fsp3) is 0.125. The van der Waals surface area contributed by atoms with Crippen molar-refractivity contribution in [3.05, 3.63) is 31.8 Å². The maximum Gasteiger partial charge on any atom is 0.124 e. The molecule has 58 valence electrons. The molecular formula is C8H6BrIO. The van der Waals surface area contributed by atoms with Crippen LogP contribution >= 0.6 is 38.5 Å². The Balaban J connectivity index is 3.01. The smallest absolute Gasteiger partial charge is 0.124 e. The van der Waals surface area contributed by atoms with Crippen LogP contribution in [0.1, 0.15) is 5.56 Å². The number of benzene rings is 1. The van der Waals surface area contributed by atoms with Crippen LogP contribution in [0.3, 0.4) is 0 Å². The topological polar surface area (TPSA) is 17.1 Å². The van der Waals surface area contributed by atoms with Crippen molar-refractivity contribution in [3.63, 3.8) is 0 Å². The average Bonchev–Trinajstić information content (AvgIpc) is 1.98. The Morgan fingerprint density at radius 2 is 2.27 bits per heavy atom. The minimum Gasteiger partial charge on any atom is -0.303 e. The van der Waals surface area contributed by atoms with Crippen LogP contribution in [0.25, 0.3) is 0 Å². The van der Waals surface area contributed by atoms with Crippen LogP contribution < -0.4 is 0 Å². The zero-order valence-electron chi connectivity index (χ0n) is 5.68. The molecule has 0 aliphatic carbocycles. The summed E-state index contributed by atoms with van der Waals surface area (Å²) in [4.78, 5) is 10.2. The van der Waals surface area contributed by atoms with Crippen LogP contribution in [0.4, 0.5) is 0 Å². The largest absolute Gasteiger partial charge is 0.303 e. The van der Waals surface area contributed by atoms with Crippen LogP contribution in [-0.2, 0) is 11.2 Å². The van der Waals surface area contributed by atoms with Gasteiger partial charge in [0.05, 0.1) is 0 Å². The molecule has 0 amide bonds. The lowest BCUT2D eigenvalue weighted by Gasteiger charge is -1.99. The molecule has 0 bridgehead atoms. The van der Waals surface area contributed by atoms with E-state index in [2.05, 4.69) is 38.5 Å². The highest BCUT2D eigenvalue weighted by Crippen LogP contribution is 2.19. The van der Waals surface area contributed by atoms with E-state index in [1.165, 1.54) is 0 Å². The Morgan fingerprint density at radius 3 is 2.91 bits per heavy atom. The maximum absolute atomic E-state index is 10.2. The molecule has 0 unspecified atom stereocenters. The van der Waals surface area contributed by atoms with E-state index in [0.717, 1.165) is 19.9 Å². The molecule has 1 nitrogen and oxygen atoms in total. The van der Waals surface area contributed by atoms with Gasteiger partial charge in [0.15, 0.2) is 0 Å². The average molecular weight is 325 g/mol. The lowest BCUT2D eigenvalue weighted by Crippen LogP contribution is -1.87. The van der Waals surface area contributed by atoms with Gasteiger partial charge in [0.2, 0.25) is 0 Å². The Labute approximate surface area is 87.5 Å². The monoisotopic (exact) mass is 324 g/mol. The predicted octanol–water partition coefficient (Wildman–Crippen LogP) is 2.80. The Hall–Kier alpha value is 0.1000. The van der Waals surface area contributed by atoms with E-state index in [0.29, 0.717) is 6.42 Å². The molecule has 0 aliphatic heterocycles. The second kappa shape index (κ2) is 4.21. The minimum atomic E-state index is 0.484. The zero-order chi connectivity index (χ0) is 8.27. The number of hydrogen-bond donors (Lipinski definition) is 0. The van der Waals surface area contributed by atoms with Crippen molar-refractivity contribution < 1.29 is 4.79 Å². The quantitative estimate of drug-likeness (QED) is 0.604. The third kappa shape index (κ3) is 2.56. The molecular weight excluding hydrogens is 319 g/mol. The molecule has 0 saturated carbocycles. The first kappa shape index (κ1) is 9.19. The Bertz CT molecular complexity index is 273. The molecule has 0 N–H and O–H groups in total. The van der Waals surface area contributed by atoms with E-state index >= 15 is 0 Å².